The van der Waals surface area contributed by atoms with E-state index in [1.165, 1.54) is 0 Å². The van der Waals surface area contributed by atoms with Crippen molar-refractivity contribution < 1.29 is 23.9 Å². The van der Waals surface area contributed by atoms with E-state index >= 15 is 0 Å². The zero-order chi connectivity index (χ0) is 29.4. The maximum Gasteiger partial charge on any atom is 0.317 e. The van der Waals surface area contributed by atoms with Crippen LogP contribution in [-0.4, -0.2) is 54.8 Å². The van der Waals surface area contributed by atoms with Crippen molar-refractivity contribution in [3.8, 4) is 0 Å². The first kappa shape index (κ1) is 28.1. The van der Waals surface area contributed by atoms with Crippen molar-refractivity contribution in [2.24, 2.45) is 18.9 Å². The van der Waals surface area contributed by atoms with Gasteiger partial charge in [-0.05, 0) is 49.6 Å². The fraction of sp³-hybridized carbons (Fsp3) is 0.375. The van der Waals surface area contributed by atoms with Gasteiger partial charge in [-0.1, -0.05) is 42.5 Å². The van der Waals surface area contributed by atoms with Crippen molar-refractivity contribution in [2.75, 3.05) is 37.5 Å². The van der Waals surface area contributed by atoms with Crippen molar-refractivity contribution in [3.05, 3.63) is 82.6 Å². The van der Waals surface area contributed by atoms with Crippen molar-refractivity contribution in [1.29, 1.82) is 0 Å². The molecule has 0 bridgehead atoms. The minimum absolute atomic E-state index is 0.111. The van der Waals surface area contributed by atoms with Crippen LogP contribution in [0.1, 0.15) is 48.2 Å². The molecule has 0 radical (unpaired) electrons. The minimum atomic E-state index is -1.23. The van der Waals surface area contributed by atoms with Gasteiger partial charge in [0.05, 0.1) is 30.9 Å². The maximum atomic E-state index is 14.7. The summed E-state index contributed by atoms with van der Waals surface area (Å²) in [5.74, 6) is -3.79. The molecule has 0 amide bonds. The molecule has 4 atom stereocenters. The van der Waals surface area contributed by atoms with E-state index in [4.69, 9.17) is 9.47 Å². The maximum absolute atomic E-state index is 14.7. The molecular weight excluding hydrogens is 520 g/mol. The van der Waals surface area contributed by atoms with E-state index in [1.54, 1.807) is 18.5 Å². The van der Waals surface area contributed by atoms with Crippen LogP contribution < -0.4 is 10.2 Å². The zero-order valence-corrected chi connectivity index (χ0v) is 24.3. The van der Waals surface area contributed by atoms with E-state index in [0.717, 1.165) is 11.3 Å². The van der Waals surface area contributed by atoms with Gasteiger partial charge in [0.2, 0.25) is 0 Å². The molecule has 2 heterocycles. The Morgan fingerprint density at radius 2 is 1.51 bits per heavy atom. The monoisotopic (exact) mass is 556 g/mol. The number of carbonyl (C=O) groups excluding carboxylic acids is 3. The third-order valence-electron chi connectivity index (χ3n) is 7.94. The van der Waals surface area contributed by atoms with Crippen LogP contribution in [0.4, 0.5) is 11.5 Å². The number of ketones is 1. The number of aryl methyl sites for hydroxylation is 2. The van der Waals surface area contributed by atoms with Crippen LogP contribution in [0.3, 0.4) is 0 Å². The lowest BCUT2D eigenvalue weighted by Gasteiger charge is -2.42. The van der Waals surface area contributed by atoms with Crippen LogP contribution in [0.5, 0.6) is 0 Å². The predicted molar refractivity (Wildman–Crippen MR) is 156 cm³/mol. The molecule has 1 aliphatic carbocycles. The Morgan fingerprint density at radius 3 is 2.10 bits per heavy atom. The second-order valence-corrected chi connectivity index (χ2v) is 10.6. The Morgan fingerprint density at radius 1 is 0.902 bits per heavy atom. The number of ether oxygens (including phenoxy) is 2. The number of carbonyl (C=O) groups is 3. The van der Waals surface area contributed by atoms with Gasteiger partial charge < -0.3 is 19.7 Å². The van der Waals surface area contributed by atoms with Crippen LogP contribution in [0.15, 0.2) is 60.2 Å². The van der Waals surface area contributed by atoms with E-state index in [9.17, 15) is 14.4 Å². The average molecular weight is 557 g/mol. The molecule has 0 saturated heterocycles. The van der Waals surface area contributed by atoms with Crippen molar-refractivity contribution in [1.82, 2.24) is 9.78 Å². The number of Topliss-reactive ketones (excluding diaryl/α,β-unsaturated/α-hetero) is 1. The van der Waals surface area contributed by atoms with Crippen LogP contribution in [0.25, 0.3) is 5.57 Å². The van der Waals surface area contributed by atoms with Gasteiger partial charge >= 0.3 is 11.9 Å². The first-order valence-corrected chi connectivity index (χ1v) is 13.9. The lowest BCUT2D eigenvalue weighted by molar-refractivity contribution is -0.154. The molecule has 5 rings (SSSR count). The number of hydrogen-bond donors (Lipinski definition) is 1. The number of fused-ring (bicyclic) bond motifs is 2. The fourth-order valence-corrected chi connectivity index (χ4v) is 6.20. The summed E-state index contributed by atoms with van der Waals surface area (Å²) in [5, 5.41) is 8.18. The molecule has 2 aromatic carbocycles. The first-order valence-electron chi connectivity index (χ1n) is 13.9. The molecule has 214 valence electrons. The number of hydrogen-bond acceptors (Lipinski definition) is 8. The van der Waals surface area contributed by atoms with Gasteiger partial charge in [-0.2, -0.15) is 5.10 Å². The van der Waals surface area contributed by atoms with E-state index in [-0.39, 0.29) is 19.0 Å². The van der Waals surface area contributed by atoms with Gasteiger partial charge in [0.15, 0.2) is 5.78 Å². The quantitative estimate of drug-likeness (QED) is 0.337. The summed E-state index contributed by atoms with van der Waals surface area (Å²) in [5.41, 5.74) is 4.81. The number of anilines is 2. The van der Waals surface area contributed by atoms with E-state index < -0.39 is 35.7 Å². The Bertz CT molecular complexity index is 1510. The van der Waals surface area contributed by atoms with Crippen LogP contribution in [0, 0.1) is 18.8 Å². The van der Waals surface area contributed by atoms with Crippen LogP contribution in [-0.2, 0) is 30.9 Å². The van der Waals surface area contributed by atoms with Crippen molar-refractivity contribution in [3.63, 3.8) is 0 Å². The van der Waals surface area contributed by atoms with Gasteiger partial charge in [-0.25, -0.2) is 0 Å². The lowest BCUT2D eigenvalue weighted by Crippen LogP contribution is -2.46. The van der Waals surface area contributed by atoms with Crippen LogP contribution >= 0.6 is 0 Å². The molecule has 0 spiro atoms. The summed E-state index contributed by atoms with van der Waals surface area (Å²) < 4.78 is 12.9. The summed E-state index contributed by atoms with van der Waals surface area (Å²) in [6.07, 6.45) is 0. The van der Waals surface area contributed by atoms with Crippen molar-refractivity contribution in [2.45, 2.75) is 32.7 Å². The standard InChI is InChI=1S/C32H36N4O5/c1-7-40-31(38)25-23(19-12-10-9-11-13-19)27(32(39)41-8-2)29(37)26-24(25)22-18(3)34-36(6)30(22)33-28(26)20-14-16-21(17-15-20)35(4)5/h9-17,23,25,27-28,33H,7-8H2,1-6H3/t23-,25-,27+,28-/m1/s1. The highest BCUT2D eigenvalue weighted by Crippen LogP contribution is 2.55. The first-order chi connectivity index (χ1) is 19.7. The lowest BCUT2D eigenvalue weighted by atomic mass is 9.61. The molecule has 2 aliphatic rings. The summed E-state index contributed by atoms with van der Waals surface area (Å²) in [6, 6.07) is 16.5. The van der Waals surface area contributed by atoms with E-state index in [0.29, 0.717) is 33.8 Å². The Balaban J connectivity index is 1.83. The highest BCUT2D eigenvalue weighted by atomic mass is 16.5. The molecule has 0 fully saturated rings. The van der Waals surface area contributed by atoms with Gasteiger partial charge in [0.1, 0.15) is 11.7 Å². The number of nitrogens with zero attached hydrogens (tertiary/aromatic N) is 3. The minimum Gasteiger partial charge on any atom is -0.466 e. The summed E-state index contributed by atoms with van der Waals surface area (Å²) in [6.45, 7) is 5.58. The smallest absolute Gasteiger partial charge is 0.317 e. The molecule has 3 aromatic rings. The Labute approximate surface area is 240 Å². The summed E-state index contributed by atoms with van der Waals surface area (Å²) in [4.78, 5) is 44.3. The Hall–Kier alpha value is -4.40. The predicted octanol–water partition coefficient (Wildman–Crippen LogP) is 4.44. The molecule has 9 heteroatoms. The largest absolute Gasteiger partial charge is 0.466 e. The normalized spacial score (nSPS) is 21.5. The number of esters is 2. The average Bonchev–Trinajstić information content (AvgIpc) is 3.25. The molecule has 41 heavy (non-hydrogen) atoms. The van der Waals surface area contributed by atoms with Crippen molar-refractivity contribution >= 4 is 34.8 Å². The summed E-state index contributed by atoms with van der Waals surface area (Å²) >= 11 is 0. The highest BCUT2D eigenvalue weighted by Gasteiger charge is 2.55. The van der Waals surface area contributed by atoms with Gasteiger partial charge in [0, 0.05) is 43.9 Å². The SMILES string of the molecule is CCOC(=O)[C@@H]1C(=O)C2=C(c3c(C)nn(C)c3N[C@@H]2c2ccc(N(C)C)cc2)[C@H](C(=O)OCC)[C@H]1c1ccccc1. The number of nitrogens with one attached hydrogen (secondary N) is 1. The van der Waals surface area contributed by atoms with Gasteiger partial charge in [-0.15, -0.1) is 0 Å². The molecule has 1 aromatic heterocycles. The summed E-state index contributed by atoms with van der Waals surface area (Å²) in [7, 11) is 5.75. The van der Waals surface area contributed by atoms with Gasteiger partial charge in [0.25, 0.3) is 0 Å². The molecule has 1 N–H and O–H groups in total. The molecule has 9 nitrogen and oxygen atoms in total. The van der Waals surface area contributed by atoms with E-state index in [1.807, 2.05) is 87.6 Å². The third kappa shape index (κ3) is 4.79. The third-order valence-corrected chi connectivity index (χ3v) is 7.94. The topological polar surface area (TPSA) is 103 Å². The highest BCUT2D eigenvalue weighted by molar-refractivity contribution is 6.19. The van der Waals surface area contributed by atoms with E-state index in [2.05, 4.69) is 10.4 Å². The van der Waals surface area contributed by atoms with Gasteiger partial charge in [-0.3, -0.25) is 19.1 Å². The number of rotatable bonds is 7. The second kappa shape index (κ2) is 11.2. The van der Waals surface area contributed by atoms with Crippen LogP contribution in [0.2, 0.25) is 0 Å². The molecule has 1 aliphatic heterocycles. The number of aromatic nitrogens is 2. The zero-order valence-electron chi connectivity index (χ0n) is 24.3. The second-order valence-electron chi connectivity index (χ2n) is 10.6. The molecular formula is C32H36N4O5. The fourth-order valence-electron chi connectivity index (χ4n) is 6.20. The Kier molecular flexibility index (Phi) is 7.71. The number of benzene rings is 2. The molecule has 0 unspecified atom stereocenters. The molecule has 0 saturated carbocycles.